The van der Waals surface area contributed by atoms with Crippen LogP contribution in [0.2, 0.25) is 10.2 Å². The normalized spacial score (nSPS) is 20.1. The molecular formula is C9H8Cl2FN3O3S. The van der Waals surface area contributed by atoms with Gasteiger partial charge < -0.3 is 0 Å². The van der Waals surface area contributed by atoms with E-state index >= 15 is 0 Å². The summed E-state index contributed by atoms with van der Waals surface area (Å²) in [6, 6.07) is 0. The molecule has 1 amide bonds. The second-order valence-corrected chi connectivity index (χ2v) is 6.23. The predicted octanol–water partition coefficient (Wildman–Crippen LogP) is 1.44. The molecule has 0 bridgehead atoms. The minimum atomic E-state index is -4.63. The molecule has 1 aliphatic rings. The van der Waals surface area contributed by atoms with Crippen molar-refractivity contribution in [3.8, 4) is 0 Å². The molecule has 0 radical (unpaired) electrons. The quantitative estimate of drug-likeness (QED) is 0.619. The Morgan fingerprint density at radius 1 is 1.42 bits per heavy atom. The van der Waals surface area contributed by atoms with Gasteiger partial charge in [-0.05, 0) is 0 Å². The average molecular weight is 328 g/mol. The van der Waals surface area contributed by atoms with Crippen molar-refractivity contribution < 1.29 is 17.1 Å². The van der Waals surface area contributed by atoms with E-state index in [2.05, 4.69) is 9.97 Å². The largest absolute Gasteiger partial charge is 0.302 e. The summed E-state index contributed by atoms with van der Waals surface area (Å²) < 4.78 is 33.8. The fraction of sp³-hybridized carbons (Fsp3) is 0.444. The maximum Gasteiger partial charge on any atom is 0.302 e. The zero-order valence-electron chi connectivity index (χ0n) is 9.38. The van der Waals surface area contributed by atoms with Crippen LogP contribution in [0.4, 0.5) is 9.70 Å². The topological polar surface area (TPSA) is 80.2 Å². The third-order valence-corrected chi connectivity index (χ3v) is 4.23. The Hall–Kier alpha value is -0.990. The van der Waals surface area contributed by atoms with Crippen LogP contribution in [0, 0.1) is 5.92 Å². The van der Waals surface area contributed by atoms with E-state index in [1.54, 1.807) is 0 Å². The smallest absolute Gasteiger partial charge is 0.295 e. The zero-order valence-corrected chi connectivity index (χ0v) is 11.7. The van der Waals surface area contributed by atoms with Gasteiger partial charge in [0, 0.05) is 18.9 Å². The first-order chi connectivity index (χ1) is 8.78. The van der Waals surface area contributed by atoms with Crippen molar-refractivity contribution in [3.63, 3.8) is 0 Å². The highest BCUT2D eigenvalue weighted by Crippen LogP contribution is 2.32. The maximum absolute atomic E-state index is 12.6. The SMILES string of the molecule is O=C1CC(CS(=O)(=O)F)CN1c1ncnc(Cl)c1Cl. The van der Waals surface area contributed by atoms with Crippen LogP contribution in [-0.2, 0) is 15.0 Å². The molecule has 1 atom stereocenters. The van der Waals surface area contributed by atoms with Crippen molar-refractivity contribution in [3.05, 3.63) is 16.5 Å². The monoisotopic (exact) mass is 327 g/mol. The molecule has 0 saturated carbocycles. The highest BCUT2D eigenvalue weighted by atomic mass is 35.5. The number of aromatic nitrogens is 2. The van der Waals surface area contributed by atoms with E-state index in [0.29, 0.717) is 0 Å². The van der Waals surface area contributed by atoms with Crippen LogP contribution in [0.25, 0.3) is 0 Å². The molecule has 1 saturated heterocycles. The Balaban J connectivity index is 2.23. The number of anilines is 1. The second-order valence-electron chi connectivity index (χ2n) is 4.08. The van der Waals surface area contributed by atoms with E-state index in [1.807, 2.05) is 0 Å². The third kappa shape index (κ3) is 3.31. The van der Waals surface area contributed by atoms with E-state index in [9.17, 15) is 17.1 Å². The van der Waals surface area contributed by atoms with Crippen LogP contribution in [0.3, 0.4) is 0 Å². The van der Waals surface area contributed by atoms with Gasteiger partial charge in [-0.25, -0.2) is 9.97 Å². The number of nitrogens with zero attached hydrogens (tertiary/aromatic N) is 3. The van der Waals surface area contributed by atoms with E-state index in [4.69, 9.17) is 23.2 Å². The summed E-state index contributed by atoms with van der Waals surface area (Å²) in [4.78, 5) is 20.4. The number of carbonyl (C=O) groups is 1. The fourth-order valence-electron chi connectivity index (χ4n) is 1.91. The molecule has 0 spiro atoms. The minimum absolute atomic E-state index is 0.00118. The summed E-state index contributed by atoms with van der Waals surface area (Å²) in [5.74, 6) is -1.62. The molecule has 104 valence electrons. The molecule has 1 fully saturated rings. The molecule has 19 heavy (non-hydrogen) atoms. The van der Waals surface area contributed by atoms with Gasteiger partial charge in [-0.1, -0.05) is 23.2 Å². The van der Waals surface area contributed by atoms with Gasteiger partial charge >= 0.3 is 10.2 Å². The van der Waals surface area contributed by atoms with E-state index in [-0.39, 0.29) is 34.9 Å². The molecule has 2 heterocycles. The fourth-order valence-corrected chi connectivity index (χ4v) is 3.02. The number of rotatable bonds is 3. The van der Waals surface area contributed by atoms with Crippen LogP contribution >= 0.6 is 23.2 Å². The van der Waals surface area contributed by atoms with Gasteiger partial charge in [0.2, 0.25) is 5.91 Å². The molecule has 1 aromatic heterocycles. The maximum atomic E-state index is 12.6. The lowest BCUT2D eigenvalue weighted by Gasteiger charge is -2.16. The Kier molecular flexibility index (Phi) is 3.93. The zero-order chi connectivity index (χ0) is 14.2. The number of amides is 1. The molecule has 1 unspecified atom stereocenters. The van der Waals surface area contributed by atoms with Crippen LogP contribution in [0.5, 0.6) is 0 Å². The van der Waals surface area contributed by atoms with Gasteiger partial charge in [0.15, 0.2) is 11.0 Å². The summed E-state index contributed by atoms with van der Waals surface area (Å²) in [5, 5.41) is -0.0118. The van der Waals surface area contributed by atoms with Gasteiger partial charge in [-0.3, -0.25) is 9.69 Å². The lowest BCUT2D eigenvalue weighted by atomic mass is 10.1. The van der Waals surface area contributed by atoms with Gasteiger partial charge in [-0.15, -0.1) is 3.89 Å². The first kappa shape index (κ1) is 14.4. The van der Waals surface area contributed by atoms with Crippen molar-refractivity contribution in [2.75, 3.05) is 17.2 Å². The first-order valence-corrected chi connectivity index (χ1v) is 7.47. The first-order valence-electron chi connectivity index (χ1n) is 5.16. The Morgan fingerprint density at radius 2 is 2.11 bits per heavy atom. The molecule has 10 heteroatoms. The Bertz CT molecular complexity index is 625. The van der Waals surface area contributed by atoms with Crippen molar-refractivity contribution in [2.24, 2.45) is 5.92 Å². The lowest BCUT2D eigenvalue weighted by Crippen LogP contribution is -2.26. The van der Waals surface area contributed by atoms with Crippen LogP contribution in [0.1, 0.15) is 6.42 Å². The number of hydrogen-bond acceptors (Lipinski definition) is 5. The van der Waals surface area contributed by atoms with Gasteiger partial charge in [-0.2, -0.15) is 8.42 Å². The molecule has 1 aromatic rings. The van der Waals surface area contributed by atoms with E-state index < -0.39 is 21.9 Å². The van der Waals surface area contributed by atoms with Crippen molar-refractivity contribution >= 4 is 45.2 Å². The van der Waals surface area contributed by atoms with Crippen molar-refractivity contribution in [1.82, 2.24) is 9.97 Å². The minimum Gasteiger partial charge on any atom is -0.295 e. The van der Waals surface area contributed by atoms with Crippen LogP contribution < -0.4 is 4.90 Å². The van der Waals surface area contributed by atoms with Crippen LogP contribution in [-0.4, -0.2) is 36.6 Å². The molecule has 0 aliphatic carbocycles. The van der Waals surface area contributed by atoms with Gasteiger partial charge in [0.1, 0.15) is 11.3 Å². The van der Waals surface area contributed by atoms with Crippen molar-refractivity contribution in [2.45, 2.75) is 6.42 Å². The summed E-state index contributed by atoms with van der Waals surface area (Å²) in [5.41, 5.74) is 0. The molecule has 6 nitrogen and oxygen atoms in total. The molecular weight excluding hydrogens is 320 g/mol. The number of halogens is 3. The highest BCUT2D eigenvalue weighted by Gasteiger charge is 2.35. The summed E-state index contributed by atoms with van der Waals surface area (Å²) in [6.07, 6.45) is 1.05. The number of hydrogen-bond donors (Lipinski definition) is 0. The van der Waals surface area contributed by atoms with Gasteiger partial charge in [0.25, 0.3) is 0 Å². The van der Waals surface area contributed by atoms with Crippen molar-refractivity contribution in [1.29, 1.82) is 0 Å². The molecule has 2 rings (SSSR count). The molecule has 0 aromatic carbocycles. The summed E-state index contributed by atoms with van der Waals surface area (Å²) in [6.45, 7) is 0.0229. The highest BCUT2D eigenvalue weighted by molar-refractivity contribution is 7.86. The average Bonchev–Trinajstić information content (AvgIpc) is 2.61. The number of carbonyl (C=O) groups excluding carboxylic acids is 1. The standard InChI is InChI=1S/C9H8Cl2FN3O3S/c10-7-8(11)13-4-14-9(7)15-2-5(1-6(15)16)3-19(12,17)18/h4-5H,1-3H2. The van der Waals surface area contributed by atoms with Gasteiger partial charge in [0.05, 0.1) is 5.75 Å². The van der Waals surface area contributed by atoms with E-state index in [1.165, 1.54) is 4.90 Å². The lowest BCUT2D eigenvalue weighted by molar-refractivity contribution is -0.117. The Morgan fingerprint density at radius 3 is 2.74 bits per heavy atom. The second kappa shape index (κ2) is 5.18. The third-order valence-electron chi connectivity index (χ3n) is 2.62. The Labute approximate surface area is 118 Å². The predicted molar refractivity (Wildman–Crippen MR) is 67.4 cm³/mol. The summed E-state index contributed by atoms with van der Waals surface area (Å²) in [7, 11) is -4.63. The van der Waals surface area contributed by atoms with Crippen LogP contribution in [0.15, 0.2) is 6.33 Å². The summed E-state index contributed by atoms with van der Waals surface area (Å²) >= 11 is 11.6. The molecule has 1 aliphatic heterocycles. The molecule has 0 N–H and O–H groups in total. The van der Waals surface area contributed by atoms with E-state index in [0.717, 1.165) is 6.33 Å².